The molecule has 16 heavy (non-hydrogen) atoms. The average molecular weight is 238 g/mol. The van der Waals surface area contributed by atoms with Gasteiger partial charge in [0.15, 0.2) is 0 Å². The second-order valence-electron chi connectivity index (χ2n) is 3.20. The van der Waals surface area contributed by atoms with Crippen molar-refractivity contribution >= 4 is 11.6 Å². The van der Waals surface area contributed by atoms with Crippen LogP contribution in [0, 0.1) is 5.82 Å². The number of alkyl halides is 1. The smallest absolute Gasteiger partial charge is 0.219 e. The number of halogens is 2. The van der Waals surface area contributed by atoms with E-state index in [1.165, 1.54) is 12.1 Å². The molecular weight excluding hydrogens is 229 g/mol. The zero-order valence-corrected chi connectivity index (χ0v) is 9.12. The Hall–Kier alpha value is -1.61. The molecule has 4 heteroatoms. The third-order valence-electron chi connectivity index (χ3n) is 1.97. The van der Waals surface area contributed by atoms with Gasteiger partial charge in [0.2, 0.25) is 5.88 Å². The molecule has 1 aromatic carbocycles. The topological polar surface area (TPSA) is 22.1 Å². The molecule has 0 amide bonds. The van der Waals surface area contributed by atoms with E-state index in [1.807, 2.05) is 0 Å². The SMILES string of the molecule is Fc1cccc(Oc2cc(CCl)ccn2)c1. The maximum atomic E-state index is 12.9. The molecule has 1 heterocycles. The third-order valence-corrected chi connectivity index (χ3v) is 2.28. The van der Waals surface area contributed by atoms with Crippen molar-refractivity contribution in [2.45, 2.75) is 5.88 Å². The molecule has 0 atom stereocenters. The average Bonchev–Trinajstić information content (AvgIpc) is 2.29. The summed E-state index contributed by atoms with van der Waals surface area (Å²) in [7, 11) is 0. The van der Waals surface area contributed by atoms with Gasteiger partial charge in [-0.1, -0.05) is 6.07 Å². The van der Waals surface area contributed by atoms with Gasteiger partial charge in [-0.15, -0.1) is 11.6 Å². The van der Waals surface area contributed by atoms with Gasteiger partial charge in [-0.25, -0.2) is 9.37 Å². The van der Waals surface area contributed by atoms with Crippen LogP contribution in [0.25, 0.3) is 0 Å². The molecule has 0 aliphatic carbocycles. The highest BCUT2D eigenvalue weighted by molar-refractivity contribution is 6.17. The second-order valence-corrected chi connectivity index (χ2v) is 3.46. The normalized spacial score (nSPS) is 10.1. The number of hydrogen-bond donors (Lipinski definition) is 0. The predicted octanol–water partition coefficient (Wildman–Crippen LogP) is 3.75. The molecule has 2 rings (SSSR count). The minimum absolute atomic E-state index is 0.342. The van der Waals surface area contributed by atoms with E-state index in [1.54, 1.807) is 30.5 Å². The summed E-state index contributed by atoms with van der Waals surface area (Å²) < 4.78 is 18.3. The first-order valence-corrected chi connectivity index (χ1v) is 5.26. The Morgan fingerprint density at radius 1 is 1.25 bits per heavy atom. The van der Waals surface area contributed by atoms with Gasteiger partial charge >= 0.3 is 0 Å². The second kappa shape index (κ2) is 4.94. The fourth-order valence-electron chi connectivity index (χ4n) is 1.24. The number of rotatable bonds is 3. The number of pyridine rings is 1. The highest BCUT2D eigenvalue weighted by Crippen LogP contribution is 2.20. The van der Waals surface area contributed by atoms with Crippen LogP contribution in [0.2, 0.25) is 0 Å². The van der Waals surface area contributed by atoms with E-state index in [4.69, 9.17) is 16.3 Å². The summed E-state index contributed by atoms with van der Waals surface area (Å²) in [4.78, 5) is 4.01. The molecule has 1 aromatic heterocycles. The summed E-state index contributed by atoms with van der Waals surface area (Å²) in [5.74, 6) is 0.871. The molecule has 82 valence electrons. The van der Waals surface area contributed by atoms with Gasteiger partial charge < -0.3 is 4.74 Å². The first-order chi connectivity index (χ1) is 7.78. The van der Waals surface area contributed by atoms with Gasteiger partial charge in [0.1, 0.15) is 11.6 Å². The van der Waals surface area contributed by atoms with Crippen molar-refractivity contribution in [3.63, 3.8) is 0 Å². The van der Waals surface area contributed by atoms with E-state index in [-0.39, 0.29) is 5.82 Å². The molecule has 0 bridgehead atoms. The molecule has 0 aliphatic heterocycles. The lowest BCUT2D eigenvalue weighted by atomic mass is 10.3. The Morgan fingerprint density at radius 3 is 2.88 bits per heavy atom. The van der Waals surface area contributed by atoms with Crippen molar-refractivity contribution < 1.29 is 9.13 Å². The van der Waals surface area contributed by atoms with Crippen molar-refractivity contribution in [1.82, 2.24) is 4.98 Å². The fraction of sp³-hybridized carbons (Fsp3) is 0.0833. The van der Waals surface area contributed by atoms with Crippen LogP contribution in [0.3, 0.4) is 0 Å². The highest BCUT2D eigenvalue weighted by Gasteiger charge is 2.00. The summed E-state index contributed by atoms with van der Waals surface area (Å²) in [6.45, 7) is 0. The summed E-state index contributed by atoms with van der Waals surface area (Å²) >= 11 is 5.68. The lowest BCUT2D eigenvalue weighted by Gasteiger charge is -2.05. The molecule has 2 aromatic rings. The minimum atomic E-state index is -0.342. The highest BCUT2D eigenvalue weighted by atomic mass is 35.5. The molecule has 0 fully saturated rings. The molecule has 0 spiro atoms. The molecule has 0 unspecified atom stereocenters. The lowest BCUT2D eigenvalue weighted by Crippen LogP contribution is -1.89. The summed E-state index contributed by atoms with van der Waals surface area (Å²) in [6.07, 6.45) is 1.60. The maximum absolute atomic E-state index is 12.9. The minimum Gasteiger partial charge on any atom is -0.439 e. The van der Waals surface area contributed by atoms with Crippen molar-refractivity contribution in [3.8, 4) is 11.6 Å². The molecule has 0 radical (unpaired) electrons. The van der Waals surface area contributed by atoms with Crippen LogP contribution in [-0.2, 0) is 5.88 Å². The van der Waals surface area contributed by atoms with Crippen LogP contribution in [0.1, 0.15) is 5.56 Å². The van der Waals surface area contributed by atoms with Gasteiger partial charge in [-0.2, -0.15) is 0 Å². The number of aromatic nitrogens is 1. The first kappa shape index (κ1) is 10.9. The van der Waals surface area contributed by atoms with Crippen LogP contribution < -0.4 is 4.74 Å². The van der Waals surface area contributed by atoms with E-state index >= 15 is 0 Å². The summed E-state index contributed by atoms with van der Waals surface area (Å²) in [5.41, 5.74) is 0.906. The lowest BCUT2D eigenvalue weighted by molar-refractivity contribution is 0.457. The monoisotopic (exact) mass is 237 g/mol. The van der Waals surface area contributed by atoms with Crippen LogP contribution in [0.5, 0.6) is 11.6 Å². The van der Waals surface area contributed by atoms with Crippen molar-refractivity contribution in [2.75, 3.05) is 0 Å². The number of nitrogens with zero attached hydrogens (tertiary/aromatic N) is 1. The number of ether oxygens (including phenoxy) is 1. The van der Waals surface area contributed by atoms with E-state index in [2.05, 4.69) is 4.98 Å². The largest absolute Gasteiger partial charge is 0.439 e. The summed E-state index contributed by atoms with van der Waals surface area (Å²) in [5, 5.41) is 0. The van der Waals surface area contributed by atoms with Gasteiger partial charge in [-0.3, -0.25) is 0 Å². The van der Waals surface area contributed by atoms with Gasteiger partial charge in [-0.05, 0) is 23.8 Å². The Labute approximate surface area is 97.7 Å². The molecule has 2 nitrogen and oxygen atoms in total. The van der Waals surface area contributed by atoms with Gasteiger partial charge in [0.25, 0.3) is 0 Å². The van der Waals surface area contributed by atoms with Gasteiger partial charge in [0.05, 0.1) is 0 Å². The maximum Gasteiger partial charge on any atom is 0.219 e. The Balaban J connectivity index is 2.20. The Kier molecular flexibility index (Phi) is 3.37. The molecule has 0 N–H and O–H groups in total. The first-order valence-electron chi connectivity index (χ1n) is 4.72. The van der Waals surface area contributed by atoms with E-state index in [9.17, 15) is 4.39 Å². The van der Waals surface area contributed by atoms with Crippen LogP contribution >= 0.6 is 11.6 Å². The van der Waals surface area contributed by atoms with Crippen molar-refractivity contribution in [3.05, 3.63) is 54.0 Å². The predicted molar refractivity (Wildman–Crippen MR) is 60.3 cm³/mol. The van der Waals surface area contributed by atoms with Crippen molar-refractivity contribution in [2.24, 2.45) is 0 Å². The fourth-order valence-corrected chi connectivity index (χ4v) is 1.41. The zero-order chi connectivity index (χ0) is 11.4. The zero-order valence-electron chi connectivity index (χ0n) is 8.36. The summed E-state index contributed by atoms with van der Waals surface area (Å²) in [6, 6.07) is 9.42. The quantitative estimate of drug-likeness (QED) is 0.759. The van der Waals surface area contributed by atoms with E-state index in [0.717, 1.165) is 5.56 Å². The van der Waals surface area contributed by atoms with Crippen LogP contribution in [0.4, 0.5) is 4.39 Å². The Bertz CT molecular complexity index is 490. The molecular formula is C12H9ClFNO. The van der Waals surface area contributed by atoms with Crippen LogP contribution in [-0.4, -0.2) is 4.98 Å². The molecule has 0 aliphatic rings. The Morgan fingerprint density at radius 2 is 2.12 bits per heavy atom. The van der Waals surface area contributed by atoms with E-state index < -0.39 is 0 Å². The number of hydrogen-bond acceptors (Lipinski definition) is 2. The van der Waals surface area contributed by atoms with Gasteiger partial charge in [0, 0.05) is 24.2 Å². The standard InChI is InChI=1S/C12H9ClFNO/c13-8-9-4-5-15-12(6-9)16-11-3-1-2-10(14)7-11/h1-7H,8H2. The number of benzene rings is 1. The van der Waals surface area contributed by atoms with Crippen molar-refractivity contribution in [1.29, 1.82) is 0 Å². The molecule has 0 saturated heterocycles. The van der Waals surface area contributed by atoms with E-state index in [0.29, 0.717) is 17.5 Å². The third kappa shape index (κ3) is 2.70. The van der Waals surface area contributed by atoms with Crippen LogP contribution in [0.15, 0.2) is 42.6 Å². The molecule has 0 saturated carbocycles.